The normalized spacial score (nSPS) is 13.0. The standard InChI is InChI=1S/C17H18F3NO2/c1-10(21-16(22)15-9-11(2)23-12(15)3)8-13-4-6-14(7-5-13)17(18,19)20/h4-7,9-10H,8H2,1-3H3,(H,21,22)/t10-/m1/s1. The Hall–Kier alpha value is -2.24. The van der Waals surface area contributed by atoms with Crippen molar-refractivity contribution < 1.29 is 22.4 Å². The van der Waals surface area contributed by atoms with Crippen LogP contribution in [0.1, 0.15) is 39.9 Å². The van der Waals surface area contributed by atoms with Gasteiger partial charge >= 0.3 is 6.18 Å². The van der Waals surface area contributed by atoms with Crippen LogP contribution in [0.25, 0.3) is 0 Å². The van der Waals surface area contributed by atoms with Gasteiger partial charge in [-0.1, -0.05) is 12.1 Å². The molecule has 0 saturated carbocycles. The SMILES string of the molecule is Cc1cc(C(=O)N[C@H](C)Cc2ccc(C(F)(F)F)cc2)c(C)o1. The molecule has 6 heteroatoms. The minimum Gasteiger partial charge on any atom is -0.466 e. The summed E-state index contributed by atoms with van der Waals surface area (Å²) < 4.78 is 42.9. The topological polar surface area (TPSA) is 42.2 Å². The molecule has 0 aliphatic heterocycles. The van der Waals surface area contributed by atoms with Gasteiger partial charge in [0, 0.05) is 6.04 Å². The second-order valence-electron chi connectivity index (χ2n) is 5.60. The molecule has 2 aromatic rings. The smallest absolute Gasteiger partial charge is 0.416 e. The Morgan fingerprint density at radius 1 is 1.22 bits per heavy atom. The van der Waals surface area contributed by atoms with Crippen molar-refractivity contribution in [3.8, 4) is 0 Å². The van der Waals surface area contributed by atoms with Gasteiger partial charge in [-0.3, -0.25) is 4.79 Å². The van der Waals surface area contributed by atoms with Crippen LogP contribution in [-0.2, 0) is 12.6 Å². The van der Waals surface area contributed by atoms with Gasteiger partial charge in [0.05, 0.1) is 11.1 Å². The first-order valence-corrected chi connectivity index (χ1v) is 7.21. The number of carbonyl (C=O) groups excluding carboxylic acids is 1. The van der Waals surface area contributed by atoms with E-state index < -0.39 is 11.7 Å². The zero-order chi connectivity index (χ0) is 17.2. The van der Waals surface area contributed by atoms with E-state index in [0.717, 1.165) is 17.7 Å². The molecule has 3 nitrogen and oxygen atoms in total. The summed E-state index contributed by atoms with van der Waals surface area (Å²) in [6.45, 7) is 5.27. The highest BCUT2D eigenvalue weighted by Gasteiger charge is 2.30. The van der Waals surface area contributed by atoms with Crippen molar-refractivity contribution in [3.63, 3.8) is 0 Å². The molecule has 0 unspecified atom stereocenters. The maximum Gasteiger partial charge on any atom is 0.416 e. The lowest BCUT2D eigenvalue weighted by Crippen LogP contribution is -2.34. The van der Waals surface area contributed by atoms with Crippen molar-refractivity contribution >= 4 is 5.91 Å². The lowest BCUT2D eigenvalue weighted by molar-refractivity contribution is -0.137. The first-order valence-electron chi connectivity index (χ1n) is 7.21. The van der Waals surface area contributed by atoms with Crippen molar-refractivity contribution in [1.82, 2.24) is 5.32 Å². The predicted molar refractivity (Wildman–Crippen MR) is 80.3 cm³/mol. The molecular formula is C17H18F3NO2. The number of benzene rings is 1. The van der Waals surface area contributed by atoms with E-state index >= 15 is 0 Å². The van der Waals surface area contributed by atoms with Gasteiger partial charge in [0.2, 0.25) is 0 Å². The largest absolute Gasteiger partial charge is 0.466 e. The number of carbonyl (C=O) groups is 1. The minimum atomic E-state index is -4.34. The number of nitrogens with one attached hydrogen (secondary N) is 1. The summed E-state index contributed by atoms with van der Waals surface area (Å²) in [7, 11) is 0. The third kappa shape index (κ3) is 4.37. The van der Waals surface area contributed by atoms with E-state index in [1.165, 1.54) is 12.1 Å². The molecule has 0 spiro atoms. The van der Waals surface area contributed by atoms with Crippen molar-refractivity contribution in [1.29, 1.82) is 0 Å². The first-order chi connectivity index (χ1) is 10.7. The Kier molecular flexibility index (Phi) is 4.82. The number of hydrogen-bond donors (Lipinski definition) is 1. The molecule has 1 atom stereocenters. The Morgan fingerprint density at radius 3 is 2.30 bits per heavy atom. The van der Waals surface area contributed by atoms with E-state index in [-0.39, 0.29) is 11.9 Å². The van der Waals surface area contributed by atoms with Crippen molar-refractivity contribution in [2.45, 2.75) is 39.4 Å². The van der Waals surface area contributed by atoms with E-state index in [1.54, 1.807) is 26.8 Å². The molecule has 1 N–H and O–H groups in total. The molecule has 0 saturated heterocycles. The Morgan fingerprint density at radius 2 is 1.83 bits per heavy atom. The molecule has 1 aromatic heterocycles. The zero-order valence-electron chi connectivity index (χ0n) is 13.1. The van der Waals surface area contributed by atoms with Crippen LogP contribution in [-0.4, -0.2) is 11.9 Å². The van der Waals surface area contributed by atoms with E-state index in [2.05, 4.69) is 5.32 Å². The second-order valence-corrected chi connectivity index (χ2v) is 5.60. The molecule has 1 aromatic carbocycles. The van der Waals surface area contributed by atoms with Crippen LogP contribution in [0, 0.1) is 13.8 Å². The summed E-state index contributed by atoms with van der Waals surface area (Å²) in [5.74, 6) is 0.948. The summed E-state index contributed by atoms with van der Waals surface area (Å²) in [4.78, 5) is 12.1. The van der Waals surface area contributed by atoms with Crippen molar-refractivity contribution in [2.24, 2.45) is 0 Å². The lowest BCUT2D eigenvalue weighted by atomic mass is 10.0. The number of aryl methyl sites for hydroxylation is 2. The molecule has 1 amide bonds. The molecule has 0 aliphatic carbocycles. The maximum absolute atomic E-state index is 12.5. The molecular weight excluding hydrogens is 307 g/mol. The maximum atomic E-state index is 12.5. The number of amides is 1. The van der Waals surface area contributed by atoms with Crippen LogP contribution < -0.4 is 5.32 Å². The van der Waals surface area contributed by atoms with E-state index in [4.69, 9.17) is 4.42 Å². The number of furan rings is 1. The Labute approximate surface area is 132 Å². The highest BCUT2D eigenvalue weighted by Crippen LogP contribution is 2.29. The molecule has 0 aliphatic rings. The first kappa shape index (κ1) is 17.1. The fourth-order valence-corrected chi connectivity index (χ4v) is 2.39. The van der Waals surface area contributed by atoms with Gasteiger partial charge in [-0.05, 0) is 51.0 Å². The molecule has 0 fully saturated rings. The Bertz CT molecular complexity index is 687. The summed E-state index contributed by atoms with van der Waals surface area (Å²) in [6, 6.07) is 6.40. The van der Waals surface area contributed by atoms with Crippen LogP contribution in [0.5, 0.6) is 0 Å². The zero-order valence-corrected chi connectivity index (χ0v) is 13.1. The fraction of sp³-hybridized carbons (Fsp3) is 0.353. The van der Waals surface area contributed by atoms with E-state index in [1.807, 2.05) is 0 Å². The molecule has 23 heavy (non-hydrogen) atoms. The average molecular weight is 325 g/mol. The van der Waals surface area contributed by atoms with Crippen LogP contribution in [0.15, 0.2) is 34.7 Å². The Balaban J connectivity index is 1.98. The monoisotopic (exact) mass is 325 g/mol. The number of alkyl halides is 3. The summed E-state index contributed by atoms with van der Waals surface area (Å²) >= 11 is 0. The highest BCUT2D eigenvalue weighted by atomic mass is 19.4. The van der Waals surface area contributed by atoms with Gasteiger partial charge in [0.15, 0.2) is 0 Å². The van der Waals surface area contributed by atoms with Crippen LogP contribution >= 0.6 is 0 Å². The number of halogens is 3. The molecule has 1 heterocycles. The average Bonchev–Trinajstić information content (AvgIpc) is 2.77. The minimum absolute atomic E-state index is 0.214. The summed E-state index contributed by atoms with van der Waals surface area (Å²) in [5, 5.41) is 2.82. The van der Waals surface area contributed by atoms with Crippen LogP contribution in [0.4, 0.5) is 13.2 Å². The molecule has 2 rings (SSSR count). The molecule has 0 bridgehead atoms. The van der Waals surface area contributed by atoms with Gasteiger partial charge in [0.1, 0.15) is 11.5 Å². The number of rotatable bonds is 4. The quantitative estimate of drug-likeness (QED) is 0.912. The van der Waals surface area contributed by atoms with Crippen LogP contribution in [0.3, 0.4) is 0 Å². The van der Waals surface area contributed by atoms with Gasteiger partial charge < -0.3 is 9.73 Å². The van der Waals surface area contributed by atoms with Gasteiger partial charge in [-0.15, -0.1) is 0 Å². The van der Waals surface area contributed by atoms with Crippen molar-refractivity contribution in [2.75, 3.05) is 0 Å². The predicted octanol–water partition coefficient (Wildman–Crippen LogP) is 4.28. The number of hydrogen-bond acceptors (Lipinski definition) is 2. The van der Waals surface area contributed by atoms with E-state index in [9.17, 15) is 18.0 Å². The van der Waals surface area contributed by atoms with Gasteiger partial charge in [0.25, 0.3) is 5.91 Å². The van der Waals surface area contributed by atoms with E-state index in [0.29, 0.717) is 23.5 Å². The van der Waals surface area contributed by atoms with Gasteiger partial charge in [-0.2, -0.15) is 13.2 Å². The summed E-state index contributed by atoms with van der Waals surface area (Å²) in [6.07, 6.45) is -3.89. The van der Waals surface area contributed by atoms with Crippen molar-refractivity contribution in [3.05, 3.63) is 58.5 Å². The third-order valence-electron chi connectivity index (χ3n) is 3.49. The fourth-order valence-electron chi connectivity index (χ4n) is 2.39. The summed E-state index contributed by atoms with van der Waals surface area (Å²) in [5.41, 5.74) is 0.523. The molecule has 124 valence electrons. The molecule has 0 radical (unpaired) electrons. The lowest BCUT2D eigenvalue weighted by Gasteiger charge is -2.14. The highest BCUT2D eigenvalue weighted by molar-refractivity contribution is 5.95. The second kappa shape index (κ2) is 6.48. The van der Waals surface area contributed by atoms with Gasteiger partial charge in [-0.25, -0.2) is 0 Å². The van der Waals surface area contributed by atoms with Crippen LogP contribution in [0.2, 0.25) is 0 Å². The third-order valence-corrected chi connectivity index (χ3v) is 3.49.